The molecule has 114 valence electrons. The second-order valence-corrected chi connectivity index (χ2v) is 4.75. The Morgan fingerprint density at radius 1 is 1.38 bits per heavy atom. The van der Waals surface area contributed by atoms with Crippen molar-refractivity contribution >= 4 is 11.9 Å². The molecule has 1 fully saturated rings. The van der Waals surface area contributed by atoms with Gasteiger partial charge in [-0.25, -0.2) is 4.79 Å². The van der Waals surface area contributed by atoms with Crippen molar-refractivity contribution in [1.82, 2.24) is 16.0 Å². The average Bonchev–Trinajstić information content (AvgIpc) is 2.93. The molecule has 1 saturated heterocycles. The van der Waals surface area contributed by atoms with Crippen molar-refractivity contribution in [2.45, 2.75) is 19.0 Å². The zero-order valence-corrected chi connectivity index (χ0v) is 12.2. The van der Waals surface area contributed by atoms with E-state index in [4.69, 9.17) is 9.47 Å². The number of hydrogen-bond donors (Lipinski definition) is 3. The lowest BCUT2D eigenvalue weighted by atomic mass is 10.1. The van der Waals surface area contributed by atoms with Crippen LogP contribution in [0, 0.1) is 0 Å². The van der Waals surface area contributed by atoms with Gasteiger partial charge in [-0.2, -0.15) is 0 Å². The Morgan fingerprint density at radius 3 is 2.71 bits per heavy atom. The Kier molecular flexibility index (Phi) is 4.52. The summed E-state index contributed by atoms with van der Waals surface area (Å²) < 4.78 is 10.5. The van der Waals surface area contributed by atoms with Gasteiger partial charge in [-0.15, -0.1) is 0 Å². The summed E-state index contributed by atoms with van der Waals surface area (Å²) in [5.41, 5.74) is 0.808. The zero-order valence-electron chi connectivity index (χ0n) is 12.2. The van der Waals surface area contributed by atoms with Crippen LogP contribution >= 0.6 is 0 Å². The molecule has 0 spiro atoms. The van der Waals surface area contributed by atoms with Gasteiger partial charge in [-0.3, -0.25) is 4.79 Å². The third-order valence-electron chi connectivity index (χ3n) is 3.35. The van der Waals surface area contributed by atoms with Crippen LogP contribution in [0.25, 0.3) is 0 Å². The Morgan fingerprint density at radius 2 is 2.14 bits per heavy atom. The van der Waals surface area contributed by atoms with E-state index in [1.165, 1.54) is 0 Å². The minimum Gasteiger partial charge on any atom is -0.497 e. The molecule has 0 aliphatic carbocycles. The molecular formula is C14H19N3O4. The molecule has 1 heterocycles. The topological polar surface area (TPSA) is 88.7 Å². The number of methoxy groups -OCH3 is 2. The molecule has 7 nitrogen and oxygen atoms in total. The van der Waals surface area contributed by atoms with Gasteiger partial charge in [0.05, 0.1) is 20.3 Å². The monoisotopic (exact) mass is 293 g/mol. The van der Waals surface area contributed by atoms with Gasteiger partial charge >= 0.3 is 6.03 Å². The first kappa shape index (κ1) is 15.0. The van der Waals surface area contributed by atoms with Crippen molar-refractivity contribution < 1.29 is 19.1 Å². The van der Waals surface area contributed by atoms with E-state index in [2.05, 4.69) is 16.0 Å². The van der Waals surface area contributed by atoms with Crippen LogP contribution in [-0.2, 0) is 4.79 Å². The Labute approximate surface area is 123 Å². The minimum atomic E-state index is -0.559. The third kappa shape index (κ3) is 3.36. The summed E-state index contributed by atoms with van der Waals surface area (Å²) in [5, 5.41) is 7.95. The first-order valence-corrected chi connectivity index (χ1v) is 6.61. The highest BCUT2D eigenvalue weighted by molar-refractivity contribution is 5.90. The molecule has 1 aliphatic rings. The number of carbonyl (C=O) groups excluding carboxylic acids is 2. The highest BCUT2D eigenvalue weighted by Gasteiger charge is 2.28. The molecule has 2 atom stereocenters. The Balaban J connectivity index is 2.10. The molecule has 0 saturated carbocycles. The highest BCUT2D eigenvalue weighted by Crippen LogP contribution is 2.29. The summed E-state index contributed by atoms with van der Waals surface area (Å²) in [6.45, 7) is 2.13. The number of amides is 3. The molecule has 2 rings (SSSR count). The average molecular weight is 293 g/mol. The number of nitrogens with one attached hydrogen (secondary N) is 3. The molecule has 3 N–H and O–H groups in total. The lowest BCUT2D eigenvalue weighted by Crippen LogP contribution is -2.43. The summed E-state index contributed by atoms with van der Waals surface area (Å²) in [6, 6.07) is 4.22. The molecular weight excluding hydrogens is 274 g/mol. The summed E-state index contributed by atoms with van der Waals surface area (Å²) in [7, 11) is 3.15. The van der Waals surface area contributed by atoms with Gasteiger partial charge in [0.15, 0.2) is 0 Å². The van der Waals surface area contributed by atoms with Gasteiger partial charge in [0.2, 0.25) is 5.91 Å². The van der Waals surface area contributed by atoms with Crippen molar-refractivity contribution in [3.63, 3.8) is 0 Å². The van der Waals surface area contributed by atoms with Crippen LogP contribution in [0.5, 0.6) is 11.5 Å². The largest absolute Gasteiger partial charge is 0.497 e. The lowest BCUT2D eigenvalue weighted by molar-refractivity contribution is -0.123. The van der Waals surface area contributed by atoms with Gasteiger partial charge in [-0.05, 0) is 25.1 Å². The second kappa shape index (κ2) is 6.34. The third-order valence-corrected chi connectivity index (χ3v) is 3.35. The number of rotatable bonds is 5. The quantitative estimate of drug-likeness (QED) is 0.740. The molecule has 1 aliphatic heterocycles. The standard InChI is InChI=1S/C14H19N3O4/c1-8(16-13(18)11-7-15-14(19)17-11)10-6-9(20-2)4-5-12(10)21-3/h4-6,8,11H,7H2,1-3H3,(H,16,18)(H2,15,17,19)/t8-,11-/m0/s1. The van der Waals surface area contributed by atoms with E-state index in [-0.39, 0.29) is 24.5 Å². The first-order valence-electron chi connectivity index (χ1n) is 6.61. The predicted octanol–water partition coefficient (Wildman–Crippen LogP) is 0.562. The summed E-state index contributed by atoms with van der Waals surface area (Å²) >= 11 is 0. The maximum atomic E-state index is 12.1. The number of hydrogen-bond acceptors (Lipinski definition) is 4. The lowest BCUT2D eigenvalue weighted by Gasteiger charge is -2.19. The van der Waals surface area contributed by atoms with Crippen LogP contribution in [-0.4, -0.2) is 38.7 Å². The fraction of sp³-hybridized carbons (Fsp3) is 0.429. The van der Waals surface area contributed by atoms with Gasteiger partial charge in [-0.1, -0.05) is 0 Å². The smallest absolute Gasteiger partial charge is 0.315 e. The van der Waals surface area contributed by atoms with Crippen molar-refractivity contribution in [3.05, 3.63) is 23.8 Å². The fourth-order valence-corrected chi connectivity index (χ4v) is 2.18. The van der Waals surface area contributed by atoms with Crippen molar-refractivity contribution in [1.29, 1.82) is 0 Å². The van der Waals surface area contributed by atoms with Crippen LogP contribution in [0.15, 0.2) is 18.2 Å². The molecule has 0 aromatic heterocycles. The van der Waals surface area contributed by atoms with Crippen LogP contribution in [0.1, 0.15) is 18.5 Å². The zero-order chi connectivity index (χ0) is 15.4. The van der Waals surface area contributed by atoms with Gasteiger partial charge in [0.25, 0.3) is 0 Å². The van der Waals surface area contributed by atoms with Crippen LogP contribution in [0.2, 0.25) is 0 Å². The normalized spacial score (nSPS) is 18.4. The molecule has 0 unspecified atom stereocenters. The molecule has 7 heteroatoms. The van der Waals surface area contributed by atoms with Gasteiger partial charge in [0.1, 0.15) is 17.5 Å². The molecule has 1 aromatic rings. The van der Waals surface area contributed by atoms with Gasteiger partial charge in [0, 0.05) is 12.1 Å². The Bertz CT molecular complexity index is 547. The van der Waals surface area contributed by atoms with E-state index in [9.17, 15) is 9.59 Å². The van der Waals surface area contributed by atoms with Crippen molar-refractivity contribution in [2.24, 2.45) is 0 Å². The summed E-state index contributed by atoms with van der Waals surface area (Å²) in [6.07, 6.45) is 0. The molecule has 0 bridgehead atoms. The molecule has 21 heavy (non-hydrogen) atoms. The van der Waals surface area contributed by atoms with Crippen LogP contribution in [0.3, 0.4) is 0 Å². The molecule has 0 radical (unpaired) electrons. The number of ether oxygens (including phenoxy) is 2. The first-order chi connectivity index (χ1) is 10.0. The maximum Gasteiger partial charge on any atom is 0.315 e. The number of benzene rings is 1. The number of urea groups is 1. The summed E-state index contributed by atoms with van der Waals surface area (Å²) in [4.78, 5) is 23.1. The predicted molar refractivity (Wildman–Crippen MR) is 76.4 cm³/mol. The maximum absolute atomic E-state index is 12.1. The van der Waals surface area contributed by atoms with Crippen molar-refractivity contribution in [3.8, 4) is 11.5 Å². The van der Waals surface area contributed by atoms with Crippen LogP contribution < -0.4 is 25.4 Å². The molecule has 1 aromatic carbocycles. The fourth-order valence-electron chi connectivity index (χ4n) is 2.18. The highest BCUT2D eigenvalue weighted by atomic mass is 16.5. The van der Waals surface area contributed by atoms with Gasteiger partial charge < -0.3 is 25.4 Å². The van der Waals surface area contributed by atoms with E-state index in [0.29, 0.717) is 11.5 Å². The second-order valence-electron chi connectivity index (χ2n) is 4.75. The van der Waals surface area contributed by atoms with Crippen LogP contribution in [0.4, 0.5) is 4.79 Å². The Hall–Kier alpha value is -2.44. The molecule has 3 amide bonds. The van der Waals surface area contributed by atoms with E-state index in [1.54, 1.807) is 26.4 Å². The van der Waals surface area contributed by atoms with E-state index >= 15 is 0 Å². The van der Waals surface area contributed by atoms with E-state index < -0.39 is 6.04 Å². The minimum absolute atomic E-state index is 0.245. The SMILES string of the molecule is COc1ccc(OC)c([C@H](C)NC(=O)[C@@H]2CNC(=O)N2)c1. The van der Waals surface area contributed by atoms with E-state index in [0.717, 1.165) is 5.56 Å². The summed E-state index contributed by atoms with van der Waals surface area (Å²) in [5.74, 6) is 1.10. The van der Waals surface area contributed by atoms with E-state index in [1.807, 2.05) is 13.0 Å². The van der Waals surface area contributed by atoms with Crippen molar-refractivity contribution in [2.75, 3.05) is 20.8 Å². The number of carbonyl (C=O) groups is 2.